The van der Waals surface area contributed by atoms with Crippen LogP contribution in [0.4, 0.5) is 5.82 Å². The highest BCUT2D eigenvalue weighted by Gasteiger charge is 2.28. The lowest BCUT2D eigenvalue weighted by Gasteiger charge is -2.06. The summed E-state index contributed by atoms with van der Waals surface area (Å²) in [7, 11) is 0. The fraction of sp³-hybridized carbons (Fsp3) is 0.353. The molecule has 26 heavy (non-hydrogen) atoms. The maximum Gasteiger partial charge on any atom is 0.287 e. The van der Waals surface area contributed by atoms with Crippen LogP contribution in [0.25, 0.3) is 0 Å². The van der Waals surface area contributed by atoms with Crippen LogP contribution < -0.4 is 25.1 Å². The van der Waals surface area contributed by atoms with Crippen LogP contribution in [0, 0.1) is 0 Å². The van der Waals surface area contributed by atoms with Gasteiger partial charge in [0.1, 0.15) is 0 Å². The Labute approximate surface area is 155 Å². The van der Waals surface area contributed by atoms with Crippen molar-refractivity contribution in [1.29, 1.82) is 0 Å². The van der Waals surface area contributed by atoms with Crippen LogP contribution in [-0.2, 0) is 11.3 Å². The van der Waals surface area contributed by atoms with E-state index in [1.54, 1.807) is 0 Å². The van der Waals surface area contributed by atoms with Gasteiger partial charge < -0.3 is 15.2 Å². The molecule has 1 aliphatic heterocycles. The molecule has 0 radical (unpaired) electrons. The fourth-order valence-electron chi connectivity index (χ4n) is 2.61. The van der Waals surface area contributed by atoms with E-state index < -0.39 is 5.91 Å². The number of ether oxygens (including phenoxy) is 2. The van der Waals surface area contributed by atoms with E-state index in [2.05, 4.69) is 17.2 Å². The van der Waals surface area contributed by atoms with Crippen molar-refractivity contribution in [2.45, 2.75) is 43.3 Å². The third-order valence-electron chi connectivity index (χ3n) is 3.82. The van der Waals surface area contributed by atoms with E-state index in [1.807, 2.05) is 22.8 Å². The Morgan fingerprint density at radius 2 is 2.12 bits per heavy atom. The van der Waals surface area contributed by atoms with E-state index in [4.69, 9.17) is 15.2 Å². The smallest absolute Gasteiger partial charge is 0.287 e. The SMILES string of the molecule is CCCC[n+]1c(Sc2ccc3c(c2)OCO3)[nH]c(C(N)=O)c1NC(C)=O. The second-order valence-electron chi connectivity index (χ2n) is 5.82. The van der Waals surface area contributed by atoms with Crippen molar-refractivity contribution in [2.75, 3.05) is 12.1 Å². The molecular formula is C17H21N4O4S+. The number of rotatable bonds is 7. The van der Waals surface area contributed by atoms with Crippen molar-refractivity contribution < 1.29 is 23.6 Å². The van der Waals surface area contributed by atoms with E-state index in [0.29, 0.717) is 29.0 Å². The number of nitrogens with two attached hydrogens (primary N) is 1. The molecule has 2 amide bonds. The summed E-state index contributed by atoms with van der Waals surface area (Å²) < 4.78 is 12.6. The number of anilines is 1. The minimum absolute atomic E-state index is 0.180. The second-order valence-corrected chi connectivity index (χ2v) is 6.88. The highest BCUT2D eigenvalue weighted by molar-refractivity contribution is 7.99. The molecule has 0 bridgehead atoms. The van der Waals surface area contributed by atoms with Gasteiger partial charge in [-0.1, -0.05) is 13.3 Å². The van der Waals surface area contributed by atoms with E-state index in [-0.39, 0.29) is 18.4 Å². The molecule has 0 saturated heterocycles. The number of fused-ring (bicyclic) bond motifs is 1. The van der Waals surface area contributed by atoms with Gasteiger partial charge in [-0.05, 0) is 36.4 Å². The molecular weight excluding hydrogens is 356 g/mol. The van der Waals surface area contributed by atoms with Crippen molar-refractivity contribution >= 4 is 29.4 Å². The standard InChI is InChI=1S/C17H20N4O4S/c1-3-4-7-21-16(19-10(2)22)14(15(18)23)20-17(21)26-11-5-6-12-13(8-11)25-9-24-12/h5-6,8H,3-4,7,9H2,1-2H3,(H3,18,19,22,23)/p+1. The van der Waals surface area contributed by atoms with Gasteiger partial charge in [-0.15, -0.1) is 0 Å². The number of carbonyl (C=O) groups excluding carboxylic acids is 2. The number of hydrogen-bond acceptors (Lipinski definition) is 5. The molecule has 0 aliphatic carbocycles. The van der Waals surface area contributed by atoms with Crippen LogP contribution in [-0.4, -0.2) is 23.6 Å². The lowest BCUT2D eigenvalue weighted by atomic mass is 10.3. The third kappa shape index (κ3) is 3.77. The number of benzene rings is 1. The Balaban J connectivity index is 1.98. The molecule has 0 unspecified atom stereocenters. The van der Waals surface area contributed by atoms with Gasteiger partial charge in [0.25, 0.3) is 22.8 Å². The van der Waals surface area contributed by atoms with Crippen LogP contribution in [0.1, 0.15) is 37.2 Å². The zero-order valence-corrected chi connectivity index (χ0v) is 15.4. The van der Waals surface area contributed by atoms with Gasteiger partial charge in [-0.25, -0.2) is 9.88 Å². The van der Waals surface area contributed by atoms with Crippen molar-refractivity contribution in [1.82, 2.24) is 4.98 Å². The largest absolute Gasteiger partial charge is 0.454 e. The first kappa shape index (κ1) is 18.1. The van der Waals surface area contributed by atoms with Gasteiger partial charge in [-0.2, -0.15) is 0 Å². The number of aromatic nitrogens is 2. The molecule has 2 aromatic rings. The maximum atomic E-state index is 11.8. The normalized spacial score (nSPS) is 12.2. The summed E-state index contributed by atoms with van der Waals surface area (Å²) in [6.45, 7) is 4.32. The van der Waals surface area contributed by atoms with Gasteiger partial charge in [0.2, 0.25) is 12.5 Å². The summed E-state index contributed by atoms with van der Waals surface area (Å²) in [5, 5.41) is 3.42. The quantitative estimate of drug-likeness (QED) is 0.640. The molecule has 0 spiro atoms. The number of H-pyrrole nitrogens is 1. The number of primary amides is 1. The molecule has 0 fully saturated rings. The highest BCUT2D eigenvalue weighted by Crippen LogP contribution is 2.37. The third-order valence-corrected chi connectivity index (χ3v) is 4.82. The van der Waals surface area contributed by atoms with Crippen molar-refractivity contribution in [2.24, 2.45) is 5.73 Å². The van der Waals surface area contributed by atoms with Crippen molar-refractivity contribution in [3.05, 3.63) is 23.9 Å². The first-order valence-corrected chi connectivity index (χ1v) is 9.12. The second kappa shape index (κ2) is 7.69. The molecule has 0 saturated carbocycles. The minimum atomic E-state index is -0.628. The number of amides is 2. The average molecular weight is 377 g/mol. The number of aromatic amines is 1. The van der Waals surface area contributed by atoms with Crippen LogP contribution in [0.3, 0.4) is 0 Å². The van der Waals surface area contributed by atoms with E-state index in [1.165, 1.54) is 18.7 Å². The van der Waals surface area contributed by atoms with E-state index in [0.717, 1.165) is 17.7 Å². The Hall–Kier alpha value is -2.68. The zero-order chi connectivity index (χ0) is 18.7. The highest BCUT2D eigenvalue weighted by atomic mass is 32.2. The minimum Gasteiger partial charge on any atom is -0.454 e. The topological polar surface area (TPSA) is 110 Å². The predicted molar refractivity (Wildman–Crippen MR) is 95.4 cm³/mol. The Kier molecular flexibility index (Phi) is 5.36. The summed E-state index contributed by atoms with van der Waals surface area (Å²) in [6, 6.07) is 5.62. The molecule has 3 rings (SSSR count). The number of hydrogen-bond donors (Lipinski definition) is 3. The van der Waals surface area contributed by atoms with Gasteiger partial charge in [0, 0.05) is 11.8 Å². The molecule has 4 N–H and O–H groups in total. The van der Waals surface area contributed by atoms with Crippen LogP contribution in [0.2, 0.25) is 0 Å². The molecule has 1 aromatic carbocycles. The lowest BCUT2D eigenvalue weighted by Crippen LogP contribution is -2.39. The molecule has 1 aromatic heterocycles. The molecule has 0 atom stereocenters. The van der Waals surface area contributed by atoms with Crippen molar-refractivity contribution in [3.8, 4) is 11.5 Å². The van der Waals surface area contributed by atoms with Gasteiger partial charge in [0.05, 0.1) is 6.54 Å². The molecule has 1 aliphatic rings. The molecule has 2 heterocycles. The number of imidazole rings is 1. The Bertz CT molecular complexity index is 850. The van der Waals surface area contributed by atoms with Gasteiger partial charge in [-0.3, -0.25) is 14.6 Å². The van der Waals surface area contributed by atoms with Crippen LogP contribution in [0.15, 0.2) is 28.3 Å². The molecule has 9 heteroatoms. The number of carbonyl (C=O) groups is 2. The maximum absolute atomic E-state index is 11.8. The molecule has 8 nitrogen and oxygen atoms in total. The lowest BCUT2D eigenvalue weighted by molar-refractivity contribution is -0.719. The number of nitrogens with one attached hydrogen (secondary N) is 2. The van der Waals surface area contributed by atoms with E-state index in [9.17, 15) is 9.59 Å². The van der Waals surface area contributed by atoms with Gasteiger partial charge >= 0.3 is 0 Å². The summed E-state index contributed by atoms with van der Waals surface area (Å²) in [5.74, 6) is 0.880. The Morgan fingerprint density at radius 3 is 2.81 bits per heavy atom. The first-order chi connectivity index (χ1) is 12.5. The fourth-order valence-corrected chi connectivity index (χ4v) is 3.58. The molecule has 138 valence electrons. The number of nitrogens with zero attached hydrogens (tertiary/aromatic N) is 1. The van der Waals surface area contributed by atoms with Crippen LogP contribution in [0.5, 0.6) is 11.5 Å². The monoisotopic (exact) mass is 377 g/mol. The Morgan fingerprint density at radius 1 is 1.35 bits per heavy atom. The first-order valence-electron chi connectivity index (χ1n) is 8.30. The zero-order valence-electron chi connectivity index (χ0n) is 14.6. The van der Waals surface area contributed by atoms with Gasteiger partial charge in [0.15, 0.2) is 11.5 Å². The van der Waals surface area contributed by atoms with Crippen LogP contribution >= 0.6 is 11.8 Å². The summed E-state index contributed by atoms with van der Waals surface area (Å²) in [5.41, 5.74) is 5.67. The summed E-state index contributed by atoms with van der Waals surface area (Å²) in [6.07, 6.45) is 1.86. The van der Waals surface area contributed by atoms with E-state index >= 15 is 0 Å². The predicted octanol–water partition coefficient (Wildman–Crippen LogP) is 2.04. The summed E-state index contributed by atoms with van der Waals surface area (Å²) in [4.78, 5) is 27.4. The average Bonchev–Trinajstić information content (AvgIpc) is 3.17. The number of unbranched alkanes of at least 4 members (excludes halogenated alkanes) is 1. The summed E-state index contributed by atoms with van der Waals surface area (Å²) >= 11 is 1.42. The van der Waals surface area contributed by atoms with Crippen molar-refractivity contribution in [3.63, 3.8) is 0 Å².